The summed E-state index contributed by atoms with van der Waals surface area (Å²) in [5, 5.41) is 0. The quantitative estimate of drug-likeness (QED) is 0.0780. The zero-order valence-electron chi connectivity index (χ0n) is 60.4. The average Bonchev–Trinajstić information content (AvgIpc) is 0.747. The van der Waals surface area contributed by atoms with Gasteiger partial charge in [0.1, 0.15) is 22.4 Å². The third kappa shape index (κ3) is 18.6. The van der Waals surface area contributed by atoms with Crippen LogP contribution in [-0.2, 0) is 38.1 Å². The summed E-state index contributed by atoms with van der Waals surface area (Å²) in [5.41, 5.74) is -0.768. The van der Waals surface area contributed by atoms with E-state index in [0.29, 0.717) is 0 Å². The maximum Gasteiger partial charge on any atom is 0.312 e. The monoisotopic (exact) mass is 1350 g/mol. The van der Waals surface area contributed by atoms with Crippen molar-refractivity contribution < 1.29 is 38.1 Å². The second kappa shape index (κ2) is 34.9. The van der Waals surface area contributed by atoms with Gasteiger partial charge in [0, 0.05) is 21.7 Å². The Morgan fingerprint density at radius 2 is 0.531 bits per heavy atom. The van der Waals surface area contributed by atoms with E-state index in [2.05, 4.69) is 83.1 Å². The first-order valence-corrected chi connectivity index (χ1v) is 38.1. The molecule has 16 aliphatic carbocycles. The van der Waals surface area contributed by atoms with Crippen molar-refractivity contribution in [2.75, 3.05) is 0 Å². The van der Waals surface area contributed by atoms with Gasteiger partial charge in [-0.05, 0) is 346 Å². The summed E-state index contributed by atoms with van der Waals surface area (Å²) < 4.78 is 25.0. The maximum atomic E-state index is 12.9. The van der Waals surface area contributed by atoms with Gasteiger partial charge in [0.05, 0.1) is 22.7 Å². The lowest BCUT2D eigenvalue weighted by molar-refractivity contribution is -0.213. The number of unbranched alkanes of at least 4 members (excludes halogenated alkanes) is 2. The smallest absolute Gasteiger partial charge is 0.312 e. The number of hydrogen-bond acceptors (Lipinski definition) is 8. The van der Waals surface area contributed by atoms with Gasteiger partial charge in [-0.1, -0.05) is 128 Å². The molecule has 0 saturated heterocycles. The van der Waals surface area contributed by atoms with Crippen LogP contribution < -0.4 is 0 Å². The van der Waals surface area contributed by atoms with Gasteiger partial charge in [-0.3, -0.25) is 19.2 Å². The minimum absolute atomic E-state index is 0. The van der Waals surface area contributed by atoms with Crippen LogP contribution in [-0.4, -0.2) is 46.3 Å². The molecule has 0 heterocycles. The third-order valence-corrected chi connectivity index (χ3v) is 29.2. The Labute approximate surface area is 599 Å². The number of hydrogen-bond donors (Lipinski definition) is 0. The molecule has 96 heavy (non-hydrogen) atoms. The van der Waals surface area contributed by atoms with Gasteiger partial charge in [-0.15, -0.1) is 0 Å². The summed E-state index contributed by atoms with van der Waals surface area (Å²) >= 11 is 0. The molecule has 0 aliphatic heterocycles. The number of rotatable bonds is 22. The fourth-order valence-electron chi connectivity index (χ4n) is 23.3. The van der Waals surface area contributed by atoms with Crippen LogP contribution in [0.3, 0.4) is 0 Å². The first-order chi connectivity index (χ1) is 41.2. The van der Waals surface area contributed by atoms with E-state index in [1.807, 2.05) is 41.5 Å². The second-order valence-electron chi connectivity index (χ2n) is 37.2. The van der Waals surface area contributed by atoms with Crippen molar-refractivity contribution in [3.63, 3.8) is 0 Å². The first kappa shape index (κ1) is 91.9. The zero-order valence-corrected chi connectivity index (χ0v) is 60.4. The molecular weight excluding hydrogens is 1180 g/mol. The van der Waals surface area contributed by atoms with Crippen LogP contribution >= 0.6 is 0 Å². The molecule has 568 valence electrons. The summed E-state index contributed by atoms with van der Waals surface area (Å²) in [6.07, 6.45) is 43.1. The predicted molar refractivity (Wildman–Crippen MR) is 412 cm³/mol. The van der Waals surface area contributed by atoms with Gasteiger partial charge in [-0.2, -0.15) is 0 Å². The highest BCUT2D eigenvalue weighted by molar-refractivity contribution is 5.77. The lowest BCUT2D eigenvalue weighted by atomic mass is 9.45. The summed E-state index contributed by atoms with van der Waals surface area (Å²) in [6, 6.07) is 0. The Morgan fingerprint density at radius 1 is 0.323 bits per heavy atom. The lowest BCUT2D eigenvalue weighted by Gasteiger charge is -2.62. The molecule has 16 fully saturated rings. The minimum Gasteiger partial charge on any atom is -0.459 e. The van der Waals surface area contributed by atoms with Crippen LogP contribution in [0.25, 0.3) is 0 Å². The van der Waals surface area contributed by atoms with E-state index in [1.54, 1.807) is 0 Å². The number of carbonyl (C=O) groups excluding carboxylic acids is 4. The number of ether oxygens (including phenoxy) is 4. The van der Waals surface area contributed by atoms with Crippen molar-refractivity contribution >= 4 is 23.9 Å². The number of esters is 4. The summed E-state index contributed by atoms with van der Waals surface area (Å²) in [4.78, 5) is 50.4. The fourth-order valence-corrected chi connectivity index (χ4v) is 23.3. The Kier molecular flexibility index (Phi) is 33.4. The van der Waals surface area contributed by atoms with Crippen LogP contribution in [0.1, 0.15) is 402 Å². The Hall–Kier alpha value is -2.12. The van der Waals surface area contributed by atoms with Crippen LogP contribution in [0.15, 0.2) is 0 Å². The van der Waals surface area contributed by atoms with Crippen molar-refractivity contribution in [3.8, 4) is 0 Å². The Balaban J connectivity index is 0.000000624. The molecule has 8 nitrogen and oxygen atoms in total. The molecule has 0 aromatic carbocycles. The van der Waals surface area contributed by atoms with E-state index in [-0.39, 0.29) is 150 Å². The average molecular weight is 1350 g/mol. The van der Waals surface area contributed by atoms with Crippen molar-refractivity contribution in [3.05, 3.63) is 0 Å². The molecule has 0 aromatic rings. The molecule has 16 saturated carbocycles. The zero-order chi connectivity index (χ0) is 64.3. The molecule has 8 heteroatoms. The summed E-state index contributed by atoms with van der Waals surface area (Å²) in [7, 11) is 0. The molecule has 0 radical (unpaired) electrons. The number of carbonyl (C=O) groups is 4. The van der Waals surface area contributed by atoms with Crippen LogP contribution in [0.2, 0.25) is 0 Å². The molecule has 4 atom stereocenters. The van der Waals surface area contributed by atoms with E-state index in [9.17, 15) is 19.2 Å². The van der Waals surface area contributed by atoms with Crippen LogP contribution in [0, 0.1) is 115 Å². The summed E-state index contributed by atoms with van der Waals surface area (Å²) in [6.45, 7) is 38.2. The molecular formula is C88H168O8. The van der Waals surface area contributed by atoms with Crippen LogP contribution in [0.5, 0.6) is 0 Å². The van der Waals surface area contributed by atoms with Crippen LogP contribution in [0.4, 0.5) is 0 Å². The Morgan fingerprint density at radius 3 is 0.760 bits per heavy atom. The van der Waals surface area contributed by atoms with Gasteiger partial charge in [0.2, 0.25) is 0 Å². The maximum absolute atomic E-state index is 12.9. The van der Waals surface area contributed by atoms with E-state index >= 15 is 0 Å². The van der Waals surface area contributed by atoms with E-state index in [1.165, 1.54) is 173 Å². The standard InChI is InChI=1S/C22H38O2.C21H36O2.C19H32O2.C18H30O2.8CH4/c1-6-8-9-21(5,24-19(23)20(3,4)7-2)22-13-16-10-17(14-22)12-18(11-16)15-22;1-5-7-8-20(4,23-19(22)15(3)6-2)21-12-16-9-17(13-21)11-18(10-16)14-21;1-6-17(2,3)16(20)21-18(4,5)19-10-13-7-14(11-19)9-15(8-13)12-19;1-5-12(2)16(19)20-17(3,4)18-9-13-6-14(10-18)8-15(7-13)11-18;;;;;;;;/h16-18H,6-15H2,1-5H3;15-18H,5-14H2,1-4H3;13-15H,6-12H2,1-5H3;12-15H,5-11H2,1-4H3;8*1H4. The van der Waals surface area contributed by atoms with Crippen molar-refractivity contribution in [2.45, 2.75) is 425 Å². The second-order valence-corrected chi connectivity index (χ2v) is 37.2. The molecule has 16 bridgehead atoms. The minimum atomic E-state index is -0.365. The van der Waals surface area contributed by atoms with Crippen molar-refractivity contribution in [1.82, 2.24) is 0 Å². The SMILES string of the molecule is C.C.C.C.C.C.C.C.CCC(C)(C)C(=O)OC(C)(C)C12CC3CC(CC(C3)C1)C2.CCC(C)C(=O)OC(C)(C)C12CC3CC(CC(C3)C1)C2.CCCCC(C)(OC(=O)C(C)(C)CC)C12CC3CC(CC(C3)C1)C2.CCCCC(C)(OC(=O)C(C)CC)C12CC3CC(CC(C3)C1)C2. The van der Waals surface area contributed by atoms with Gasteiger partial charge in [0.15, 0.2) is 0 Å². The highest BCUT2D eigenvalue weighted by atomic mass is 16.6. The largest absolute Gasteiger partial charge is 0.459 e. The molecule has 0 aromatic heterocycles. The summed E-state index contributed by atoms with van der Waals surface area (Å²) in [5.74, 6) is 11.0. The topological polar surface area (TPSA) is 105 Å². The molecule has 16 aliphatic rings. The van der Waals surface area contributed by atoms with Gasteiger partial charge in [0.25, 0.3) is 0 Å². The molecule has 0 N–H and O–H groups in total. The Bertz CT molecular complexity index is 2260. The normalized spacial score (nSPS) is 35.6. The molecule has 16 rings (SSSR count). The lowest BCUT2D eigenvalue weighted by Crippen LogP contribution is -2.59. The highest BCUT2D eigenvalue weighted by Gasteiger charge is 2.64. The van der Waals surface area contributed by atoms with E-state index < -0.39 is 0 Å². The van der Waals surface area contributed by atoms with Gasteiger partial charge in [-0.25, -0.2) is 0 Å². The van der Waals surface area contributed by atoms with Crippen molar-refractivity contribution in [1.29, 1.82) is 0 Å². The van der Waals surface area contributed by atoms with E-state index in [0.717, 1.165) is 116 Å². The molecule has 4 unspecified atom stereocenters. The molecule has 0 spiro atoms. The first-order valence-electron chi connectivity index (χ1n) is 38.1. The highest BCUT2D eigenvalue weighted by Crippen LogP contribution is 2.69. The van der Waals surface area contributed by atoms with Gasteiger partial charge < -0.3 is 18.9 Å². The van der Waals surface area contributed by atoms with E-state index in [4.69, 9.17) is 18.9 Å². The molecule has 0 amide bonds. The van der Waals surface area contributed by atoms with Crippen molar-refractivity contribution in [2.24, 2.45) is 115 Å². The fraction of sp³-hybridized carbons (Fsp3) is 0.955. The predicted octanol–water partition coefficient (Wildman–Crippen LogP) is 26.5. The van der Waals surface area contributed by atoms with Gasteiger partial charge >= 0.3 is 23.9 Å². The third-order valence-electron chi connectivity index (χ3n) is 29.2.